The van der Waals surface area contributed by atoms with Crippen LogP contribution in [0.1, 0.15) is 65.5 Å². The molecular weight excluding hydrogens is 486 g/mol. The van der Waals surface area contributed by atoms with E-state index in [1.807, 2.05) is 13.8 Å². The number of carbonyl (C=O) groups excluding carboxylic acids is 3. The monoisotopic (exact) mass is 525 g/mol. The molecule has 38 heavy (non-hydrogen) atoms. The highest BCUT2D eigenvalue weighted by Crippen LogP contribution is 2.35. The highest BCUT2D eigenvalue weighted by Gasteiger charge is 2.42. The van der Waals surface area contributed by atoms with E-state index in [1.165, 1.54) is 12.1 Å². The third-order valence-corrected chi connectivity index (χ3v) is 6.40. The summed E-state index contributed by atoms with van der Waals surface area (Å²) in [4.78, 5) is 42.2. The lowest BCUT2D eigenvalue weighted by molar-refractivity contribution is -0.146. The summed E-state index contributed by atoms with van der Waals surface area (Å²) in [5.41, 5.74) is 0.273. The van der Waals surface area contributed by atoms with Gasteiger partial charge in [0.1, 0.15) is 29.2 Å². The van der Waals surface area contributed by atoms with Crippen LogP contribution in [0.3, 0.4) is 0 Å². The normalized spacial score (nSPS) is 15.1. The SMILES string of the molecule is COc1ccc(NC(=O)C(c2cccc(O)c2)N(C(=O)C(NC(=O)OC(C)(C)C)C(C)C)C2CCC2)cc1. The Labute approximate surface area is 224 Å². The minimum Gasteiger partial charge on any atom is -0.508 e. The first kappa shape index (κ1) is 28.8. The highest BCUT2D eigenvalue weighted by molar-refractivity contribution is 5.99. The molecule has 2 aromatic rings. The van der Waals surface area contributed by atoms with Crippen LogP contribution in [0, 0.1) is 5.92 Å². The van der Waals surface area contributed by atoms with Crippen molar-refractivity contribution in [2.24, 2.45) is 5.92 Å². The lowest BCUT2D eigenvalue weighted by Gasteiger charge is -2.44. The summed E-state index contributed by atoms with van der Waals surface area (Å²) in [5, 5.41) is 15.9. The highest BCUT2D eigenvalue weighted by atomic mass is 16.6. The predicted octanol–water partition coefficient (Wildman–Crippen LogP) is 5.01. The van der Waals surface area contributed by atoms with E-state index >= 15 is 0 Å². The summed E-state index contributed by atoms with van der Waals surface area (Å²) in [7, 11) is 1.56. The van der Waals surface area contributed by atoms with E-state index < -0.39 is 29.7 Å². The maximum atomic E-state index is 14.2. The van der Waals surface area contributed by atoms with Crippen LogP contribution in [0.25, 0.3) is 0 Å². The number of benzene rings is 2. The van der Waals surface area contributed by atoms with Gasteiger partial charge in [0.15, 0.2) is 0 Å². The molecule has 0 aliphatic heterocycles. The molecule has 0 saturated heterocycles. The number of carbonyl (C=O) groups is 3. The number of aromatic hydroxyl groups is 1. The summed E-state index contributed by atoms with van der Waals surface area (Å²) in [6, 6.07) is 11.1. The van der Waals surface area contributed by atoms with Crippen molar-refractivity contribution >= 4 is 23.6 Å². The summed E-state index contributed by atoms with van der Waals surface area (Å²) >= 11 is 0. The first-order valence-electron chi connectivity index (χ1n) is 12.9. The fraction of sp³-hybridized carbons (Fsp3) is 0.483. The fourth-order valence-electron chi connectivity index (χ4n) is 4.31. The first-order valence-corrected chi connectivity index (χ1v) is 12.9. The van der Waals surface area contributed by atoms with Gasteiger partial charge in [-0.3, -0.25) is 9.59 Å². The van der Waals surface area contributed by atoms with Gasteiger partial charge >= 0.3 is 6.09 Å². The smallest absolute Gasteiger partial charge is 0.408 e. The van der Waals surface area contributed by atoms with Crippen LogP contribution in [-0.4, -0.2) is 52.7 Å². The molecule has 0 bridgehead atoms. The molecule has 3 rings (SSSR count). The molecule has 0 heterocycles. The Balaban J connectivity index is 1.99. The number of amides is 3. The van der Waals surface area contributed by atoms with Crippen LogP contribution in [-0.2, 0) is 14.3 Å². The number of nitrogens with one attached hydrogen (secondary N) is 2. The fourth-order valence-corrected chi connectivity index (χ4v) is 4.31. The van der Waals surface area contributed by atoms with Gasteiger partial charge in [-0.05, 0) is 87.9 Å². The molecule has 3 amide bonds. The van der Waals surface area contributed by atoms with Gasteiger partial charge in [0, 0.05) is 11.7 Å². The minimum absolute atomic E-state index is 0.0157. The van der Waals surface area contributed by atoms with E-state index in [2.05, 4.69) is 10.6 Å². The number of anilines is 1. The van der Waals surface area contributed by atoms with E-state index in [4.69, 9.17) is 9.47 Å². The van der Waals surface area contributed by atoms with Crippen molar-refractivity contribution in [2.45, 2.75) is 77.6 Å². The zero-order valence-corrected chi connectivity index (χ0v) is 23.0. The van der Waals surface area contributed by atoms with Crippen molar-refractivity contribution in [2.75, 3.05) is 12.4 Å². The summed E-state index contributed by atoms with van der Waals surface area (Å²) in [5.74, 6) is -0.452. The summed E-state index contributed by atoms with van der Waals surface area (Å²) in [6.45, 7) is 8.92. The molecule has 206 valence electrons. The number of methoxy groups -OCH3 is 1. The standard InChI is InChI=1S/C29H39N3O6/c1-18(2)24(31-28(36)38-29(3,4)5)27(35)32(21-10-8-11-21)25(19-9-7-12-22(33)17-19)26(34)30-20-13-15-23(37-6)16-14-20/h7,9,12-18,21,24-25,33H,8,10-11H2,1-6H3,(H,30,34)(H,31,36). The zero-order valence-electron chi connectivity index (χ0n) is 23.0. The van der Waals surface area contributed by atoms with E-state index in [0.29, 0.717) is 17.0 Å². The Morgan fingerprint density at radius 2 is 1.71 bits per heavy atom. The van der Waals surface area contributed by atoms with Crippen molar-refractivity contribution < 1.29 is 29.0 Å². The van der Waals surface area contributed by atoms with Gasteiger partial charge in [-0.15, -0.1) is 0 Å². The molecule has 3 N–H and O–H groups in total. The minimum atomic E-state index is -1.04. The Kier molecular flexibility index (Phi) is 9.25. The molecule has 0 spiro atoms. The average molecular weight is 526 g/mol. The van der Waals surface area contributed by atoms with E-state index in [0.717, 1.165) is 19.3 Å². The molecule has 1 aliphatic rings. The number of hydrogen-bond donors (Lipinski definition) is 3. The zero-order chi connectivity index (χ0) is 28.0. The first-order chi connectivity index (χ1) is 17.9. The molecule has 0 radical (unpaired) electrons. The molecule has 0 aromatic heterocycles. The van der Waals surface area contributed by atoms with Crippen LogP contribution in [0.4, 0.5) is 10.5 Å². The molecule has 9 nitrogen and oxygen atoms in total. The predicted molar refractivity (Wildman–Crippen MR) is 145 cm³/mol. The van der Waals surface area contributed by atoms with Gasteiger partial charge in [0.2, 0.25) is 5.91 Å². The van der Waals surface area contributed by atoms with Crippen molar-refractivity contribution in [3.8, 4) is 11.5 Å². The van der Waals surface area contributed by atoms with Crippen LogP contribution in [0.15, 0.2) is 48.5 Å². The Morgan fingerprint density at radius 1 is 1.05 bits per heavy atom. The Morgan fingerprint density at radius 3 is 2.21 bits per heavy atom. The van der Waals surface area contributed by atoms with Gasteiger partial charge in [0.25, 0.3) is 5.91 Å². The van der Waals surface area contributed by atoms with Crippen molar-refractivity contribution in [1.82, 2.24) is 10.2 Å². The second-order valence-corrected chi connectivity index (χ2v) is 10.9. The number of phenols is 1. The molecule has 1 fully saturated rings. The van der Waals surface area contributed by atoms with Gasteiger partial charge in [-0.2, -0.15) is 0 Å². The van der Waals surface area contributed by atoms with E-state index in [-0.39, 0.29) is 23.6 Å². The van der Waals surface area contributed by atoms with Gasteiger partial charge in [-0.25, -0.2) is 4.79 Å². The number of ether oxygens (including phenoxy) is 2. The Hall–Kier alpha value is -3.75. The second kappa shape index (κ2) is 12.2. The maximum Gasteiger partial charge on any atom is 0.408 e. The van der Waals surface area contributed by atoms with Crippen molar-refractivity contribution in [3.63, 3.8) is 0 Å². The largest absolute Gasteiger partial charge is 0.508 e. The Bertz CT molecular complexity index is 1120. The molecule has 2 atom stereocenters. The second-order valence-electron chi connectivity index (χ2n) is 10.9. The molecular formula is C29H39N3O6. The molecule has 2 unspecified atom stereocenters. The van der Waals surface area contributed by atoms with Gasteiger partial charge < -0.3 is 30.1 Å². The van der Waals surface area contributed by atoms with Crippen molar-refractivity contribution in [1.29, 1.82) is 0 Å². The van der Waals surface area contributed by atoms with Crippen LogP contribution >= 0.6 is 0 Å². The molecule has 1 aliphatic carbocycles. The lowest BCUT2D eigenvalue weighted by Crippen LogP contribution is -2.58. The van der Waals surface area contributed by atoms with Crippen LogP contribution in [0.5, 0.6) is 11.5 Å². The number of nitrogens with zero attached hydrogens (tertiary/aromatic N) is 1. The molecule has 9 heteroatoms. The average Bonchev–Trinajstić information content (AvgIpc) is 2.80. The third-order valence-electron chi connectivity index (χ3n) is 6.40. The third kappa shape index (κ3) is 7.40. The maximum absolute atomic E-state index is 14.2. The van der Waals surface area contributed by atoms with Gasteiger partial charge in [0.05, 0.1) is 7.11 Å². The van der Waals surface area contributed by atoms with Gasteiger partial charge in [-0.1, -0.05) is 26.0 Å². The number of rotatable bonds is 9. The quantitative estimate of drug-likeness (QED) is 0.424. The molecule has 2 aromatic carbocycles. The molecule has 1 saturated carbocycles. The number of hydrogen-bond acceptors (Lipinski definition) is 6. The number of alkyl carbamates (subject to hydrolysis) is 1. The van der Waals surface area contributed by atoms with E-state index in [1.54, 1.807) is 69.2 Å². The number of phenolic OH excluding ortho intramolecular Hbond substituents is 1. The van der Waals surface area contributed by atoms with Crippen LogP contribution in [0.2, 0.25) is 0 Å². The summed E-state index contributed by atoms with van der Waals surface area (Å²) < 4.78 is 10.6. The topological polar surface area (TPSA) is 117 Å². The summed E-state index contributed by atoms with van der Waals surface area (Å²) in [6.07, 6.45) is 1.68. The van der Waals surface area contributed by atoms with Crippen molar-refractivity contribution in [3.05, 3.63) is 54.1 Å². The van der Waals surface area contributed by atoms with Crippen LogP contribution < -0.4 is 15.4 Å². The van der Waals surface area contributed by atoms with E-state index in [9.17, 15) is 19.5 Å². The lowest BCUT2D eigenvalue weighted by atomic mass is 9.87.